The lowest BCUT2D eigenvalue weighted by Gasteiger charge is -2.11. The van der Waals surface area contributed by atoms with Crippen molar-refractivity contribution in [2.24, 2.45) is 4.99 Å². The highest BCUT2D eigenvalue weighted by atomic mass is 79.9. The van der Waals surface area contributed by atoms with Crippen LogP contribution in [0, 0.1) is 17.0 Å². The first-order valence-electron chi connectivity index (χ1n) is 10.2. The van der Waals surface area contributed by atoms with Gasteiger partial charge in [-0.25, -0.2) is 9.79 Å². The molecule has 0 aromatic heterocycles. The number of nitro groups is 1. The molecule has 34 heavy (non-hydrogen) atoms. The van der Waals surface area contributed by atoms with Crippen LogP contribution in [0.2, 0.25) is 0 Å². The van der Waals surface area contributed by atoms with E-state index in [0.29, 0.717) is 34.8 Å². The van der Waals surface area contributed by atoms with Gasteiger partial charge in [-0.15, -0.1) is 0 Å². The van der Waals surface area contributed by atoms with Gasteiger partial charge >= 0.3 is 5.97 Å². The van der Waals surface area contributed by atoms with Crippen molar-refractivity contribution in [1.82, 2.24) is 0 Å². The molecular weight excluding hydrogens is 504 g/mol. The van der Waals surface area contributed by atoms with E-state index in [-0.39, 0.29) is 17.3 Å². The van der Waals surface area contributed by atoms with Crippen molar-refractivity contribution in [2.45, 2.75) is 13.5 Å². The van der Waals surface area contributed by atoms with Crippen LogP contribution in [0.3, 0.4) is 0 Å². The Labute approximate surface area is 203 Å². The Morgan fingerprint density at radius 1 is 1.09 bits per heavy atom. The number of halogens is 1. The highest BCUT2D eigenvalue weighted by molar-refractivity contribution is 9.10. The highest BCUT2D eigenvalue weighted by Crippen LogP contribution is 2.31. The van der Waals surface area contributed by atoms with E-state index in [1.54, 1.807) is 37.3 Å². The van der Waals surface area contributed by atoms with Crippen molar-refractivity contribution in [3.63, 3.8) is 0 Å². The van der Waals surface area contributed by atoms with Crippen molar-refractivity contribution in [1.29, 1.82) is 0 Å². The summed E-state index contributed by atoms with van der Waals surface area (Å²) in [5, 5.41) is 11.0. The number of carbonyl (C=O) groups excluding carboxylic acids is 1. The Bertz CT molecular complexity index is 1330. The van der Waals surface area contributed by atoms with Crippen LogP contribution in [-0.2, 0) is 16.1 Å². The Balaban J connectivity index is 1.54. The number of esters is 1. The van der Waals surface area contributed by atoms with Gasteiger partial charge in [-0.1, -0.05) is 34.1 Å². The average molecular weight is 523 g/mol. The molecule has 8 nitrogen and oxygen atoms in total. The predicted octanol–water partition coefficient (Wildman–Crippen LogP) is 5.60. The monoisotopic (exact) mass is 522 g/mol. The zero-order valence-electron chi connectivity index (χ0n) is 18.3. The van der Waals surface area contributed by atoms with Gasteiger partial charge in [-0.2, -0.15) is 0 Å². The molecule has 9 heteroatoms. The Kier molecular flexibility index (Phi) is 6.74. The van der Waals surface area contributed by atoms with Crippen molar-refractivity contribution in [2.75, 3.05) is 7.11 Å². The molecular formula is C25H19BrN2O6. The summed E-state index contributed by atoms with van der Waals surface area (Å²) in [6.07, 6.45) is 1.58. The molecule has 0 amide bonds. The highest BCUT2D eigenvalue weighted by Gasteiger charge is 2.25. The van der Waals surface area contributed by atoms with Crippen LogP contribution < -0.4 is 9.47 Å². The Hall–Kier alpha value is -3.98. The Morgan fingerprint density at radius 3 is 2.53 bits per heavy atom. The maximum atomic E-state index is 12.4. The molecule has 3 aromatic rings. The minimum absolute atomic E-state index is 0.0148. The van der Waals surface area contributed by atoms with Gasteiger partial charge < -0.3 is 14.2 Å². The fourth-order valence-electron chi connectivity index (χ4n) is 3.32. The number of aliphatic imine (C=N–C) groups is 1. The summed E-state index contributed by atoms with van der Waals surface area (Å²) in [4.78, 5) is 27.2. The molecule has 0 atom stereocenters. The molecule has 0 radical (unpaired) electrons. The van der Waals surface area contributed by atoms with Crippen molar-refractivity contribution < 1.29 is 23.9 Å². The van der Waals surface area contributed by atoms with Crippen molar-refractivity contribution in [3.8, 4) is 11.5 Å². The average Bonchev–Trinajstić information content (AvgIpc) is 3.18. The molecule has 0 aliphatic carbocycles. The summed E-state index contributed by atoms with van der Waals surface area (Å²) in [7, 11) is 1.54. The maximum Gasteiger partial charge on any atom is 0.363 e. The van der Waals surface area contributed by atoms with E-state index in [1.165, 1.54) is 19.2 Å². The third kappa shape index (κ3) is 5.15. The van der Waals surface area contributed by atoms with E-state index in [2.05, 4.69) is 20.9 Å². The number of nitrogens with zero attached hydrogens (tertiary/aromatic N) is 2. The van der Waals surface area contributed by atoms with Crippen LogP contribution in [-0.4, -0.2) is 23.9 Å². The summed E-state index contributed by atoms with van der Waals surface area (Å²) in [6, 6.07) is 17.5. The number of hydrogen-bond acceptors (Lipinski definition) is 7. The second kappa shape index (κ2) is 9.88. The first kappa shape index (κ1) is 23.2. The number of ether oxygens (including phenoxy) is 3. The molecule has 1 heterocycles. The van der Waals surface area contributed by atoms with Crippen LogP contribution in [0.4, 0.5) is 5.69 Å². The number of methoxy groups -OCH3 is 1. The van der Waals surface area contributed by atoms with Crippen LogP contribution in [0.25, 0.3) is 6.08 Å². The minimum Gasteiger partial charge on any atom is -0.493 e. The van der Waals surface area contributed by atoms with Crippen molar-refractivity contribution >= 4 is 39.6 Å². The summed E-state index contributed by atoms with van der Waals surface area (Å²) < 4.78 is 17.6. The van der Waals surface area contributed by atoms with Gasteiger partial charge in [0.1, 0.15) is 6.61 Å². The minimum atomic E-state index is -0.611. The predicted molar refractivity (Wildman–Crippen MR) is 130 cm³/mol. The van der Waals surface area contributed by atoms with Gasteiger partial charge in [-0.3, -0.25) is 10.1 Å². The number of nitro benzene ring substituents is 1. The number of hydrogen-bond donors (Lipinski definition) is 0. The summed E-state index contributed by atoms with van der Waals surface area (Å²) >= 11 is 3.41. The zero-order chi connectivity index (χ0) is 24.2. The molecule has 3 aromatic carbocycles. The molecule has 1 aliphatic rings. The first-order valence-corrected chi connectivity index (χ1v) is 11.0. The van der Waals surface area contributed by atoms with Gasteiger partial charge in [0, 0.05) is 21.7 Å². The smallest absolute Gasteiger partial charge is 0.363 e. The van der Waals surface area contributed by atoms with Gasteiger partial charge in [0.15, 0.2) is 17.2 Å². The second-order valence-corrected chi connectivity index (χ2v) is 8.34. The summed E-state index contributed by atoms with van der Waals surface area (Å²) in [5.41, 5.74) is 2.70. The van der Waals surface area contributed by atoms with E-state index >= 15 is 0 Å². The largest absolute Gasteiger partial charge is 0.493 e. The van der Waals surface area contributed by atoms with Crippen LogP contribution in [0.15, 0.2) is 75.8 Å². The summed E-state index contributed by atoms with van der Waals surface area (Å²) in [6.45, 7) is 1.99. The van der Waals surface area contributed by atoms with Gasteiger partial charge in [0.2, 0.25) is 5.90 Å². The number of aryl methyl sites for hydroxylation is 1. The fraction of sp³-hybridized carbons (Fsp3) is 0.120. The van der Waals surface area contributed by atoms with Crippen LogP contribution in [0.1, 0.15) is 22.3 Å². The third-order valence-electron chi connectivity index (χ3n) is 5.06. The van der Waals surface area contributed by atoms with E-state index in [9.17, 15) is 14.9 Å². The number of carbonyl (C=O) groups is 1. The normalized spacial score (nSPS) is 14.0. The maximum absolute atomic E-state index is 12.4. The third-order valence-corrected chi connectivity index (χ3v) is 5.59. The lowest BCUT2D eigenvalue weighted by molar-refractivity contribution is -0.385. The lowest BCUT2D eigenvalue weighted by Crippen LogP contribution is -2.06. The zero-order valence-corrected chi connectivity index (χ0v) is 19.9. The SMILES string of the molecule is COc1cc(/C=C2\N=C(c3ccc([N+](=O)[O-])c(C)c3)OC2=O)ccc1OCc1ccc(Br)cc1. The molecule has 0 bridgehead atoms. The molecule has 0 saturated heterocycles. The van der Waals surface area contributed by atoms with Gasteiger partial charge in [0.25, 0.3) is 5.69 Å². The molecule has 0 N–H and O–H groups in total. The van der Waals surface area contributed by atoms with Gasteiger partial charge in [-0.05, 0) is 60.5 Å². The molecule has 0 fully saturated rings. The number of benzene rings is 3. The number of rotatable bonds is 7. The van der Waals surface area contributed by atoms with E-state index in [0.717, 1.165) is 10.0 Å². The lowest BCUT2D eigenvalue weighted by atomic mass is 10.1. The van der Waals surface area contributed by atoms with E-state index < -0.39 is 10.9 Å². The molecule has 1 aliphatic heterocycles. The molecule has 0 unspecified atom stereocenters. The molecule has 4 rings (SSSR count). The quantitative estimate of drug-likeness (QED) is 0.173. The van der Waals surface area contributed by atoms with Crippen LogP contribution in [0.5, 0.6) is 11.5 Å². The molecule has 0 saturated carbocycles. The topological polar surface area (TPSA) is 100 Å². The molecule has 0 spiro atoms. The first-order chi connectivity index (χ1) is 16.3. The van der Waals surface area contributed by atoms with E-state index in [4.69, 9.17) is 14.2 Å². The standard InChI is InChI=1S/C25H19BrN2O6/c1-15-11-18(6-9-21(15)28(30)31)24-27-20(25(29)34-24)12-17-5-10-22(23(13-17)32-2)33-14-16-3-7-19(26)8-4-16/h3-13H,14H2,1-2H3/b20-12-. The Morgan fingerprint density at radius 2 is 1.85 bits per heavy atom. The molecule has 172 valence electrons. The fourth-order valence-corrected chi connectivity index (χ4v) is 3.58. The second-order valence-electron chi connectivity index (χ2n) is 7.42. The van der Waals surface area contributed by atoms with E-state index in [1.807, 2.05) is 24.3 Å². The summed E-state index contributed by atoms with van der Waals surface area (Å²) in [5.74, 6) is 0.552. The van der Waals surface area contributed by atoms with Crippen molar-refractivity contribution in [3.05, 3.63) is 103 Å². The van der Waals surface area contributed by atoms with Gasteiger partial charge in [0.05, 0.1) is 12.0 Å². The van der Waals surface area contributed by atoms with Crippen LogP contribution >= 0.6 is 15.9 Å². The number of cyclic esters (lactones) is 1.